The van der Waals surface area contributed by atoms with Gasteiger partial charge in [-0.15, -0.1) is 0 Å². The predicted molar refractivity (Wildman–Crippen MR) is 118 cm³/mol. The second kappa shape index (κ2) is 12.0. The standard InChI is InChI=1S/C25H40O4/c1-20-21(13-8-6-7-10-17-24(2,3)23(27)28)15-12-16-22(20)14-9-11-18-25(4,5)29-19-26/h12,15-16,19H,6-11,13-14,17-18H2,1-5H3,(H,27,28). The lowest BCUT2D eigenvalue weighted by Gasteiger charge is -2.22. The number of hydrogen-bond acceptors (Lipinski definition) is 3. The van der Waals surface area contributed by atoms with Gasteiger partial charge in [-0.3, -0.25) is 9.59 Å². The Morgan fingerprint density at radius 1 is 0.931 bits per heavy atom. The summed E-state index contributed by atoms with van der Waals surface area (Å²) in [4.78, 5) is 21.7. The molecule has 0 aliphatic carbocycles. The Morgan fingerprint density at radius 3 is 2.00 bits per heavy atom. The third-order valence-corrected chi connectivity index (χ3v) is 5.98. The average Bonchev–Trinajstić information content (AvgIpc) is 2.63. The van der Waals surface area contributed by atoms with Gasteiger partial charge in [0.05, 0.1) is 5.41 Å². The highest BCUT2D eigenvalue weighted by Gasteiger charge is 2.25. The van der Waals surface area contributed by atoms with E-state index < -0.39 is 11.4 Å². The Kier molecular flexibility index (Phi) is 10.4. The van der Waals surface area contributed by atoms with Crippen molar-refractivity contribution in [1.82, 2.24) is 0 Å². The molecule has 4 nitrogen and oxygen atoms in total. The number of carbonyl (C=O) groups is 2. The van der Waals surface area contributed by atoms with Crippen molar-refractivity contribution in [2.75, 3.05) is 0 Å². The van der Waals surface area contributed by atoms with Crippen LogP contribution in [0, 0.1) is 12.3 Å². The van der Waals surface area contributed by atoms with Crippen LogP contribution < -0.4 is 0 Å². The zero-order valence-corrected chi connectivity index (χ0v) is 19.1. The number of aryl methyl sites for hydroxylation is 2. The van der Waals surface area contributed by atoms with Crippen LogP contribution in [0.15, 0.2) is 18.2 Å². The highest BCUT2D eigenvalue weighted by molar-refractivity contribution is 5.73. The number of hydrogen-bond donors (Lipinski definition) is 1. The molecule has 0 fully saturated rings. The molecule has 0 aliphatic heterocycles. The number of carbonyl (C=O) groups excluding carboxylic acids is 1. The monoisotopic (exact) mass is 404 g/mol. The molecule has 1 rings (SSSR count). The van der Waals surface area contributed by atoms with Crippen molar-refractivity contribution in [2.24, 2.45) is 5.41 Å². The first-order valence-corrected chi connectivity index (χ1v) is 11.0. The molecule has 4 heteroatoms. The molecular formula is C25H40O4. The first kappa shape index (κ1) is 25.2. The van der Waals surface area contributed by atoms with E-state index in [9.17, 15) is 14.7 Å². The minimum atomic E-state index is -0.704. The Bertz CT molecular complexity index is 646. The topological polar surface area (TPSA) is 63.6 Å². The lowest BCUT2D eigenvalue weighted by molar-refractivity contribution is -0.147. The molecule has 1 aromatic carbocycles. The second-order valence-corrected chi connectivity index (χ2v) is 9.49. The number of carboxylic acid groups (broad SMARTS) is 1. The van der Waals surface area contributed by atoms with Crippen LogP contribution in [0.1, 0.15) is 95.8 Å². The maximum absolute atomic E-state index is 11.1. The van der Waals surface area contributed by atoms with Crippen molar-refractivity contribution in [3.63, 3.8) is 0 Å². The van der Waals surface area contributed by atoms with Crippen LogP contribution in [0.3, 0.4) is 0 Å². The van der Waals surface area contributed by atoms with E-state index in [4.69, 9.17) is 4.74 Å². The van der Waals surface area contributed by atoms with Crippen molar-refractivity contribution in [3.8, 4) is 0 Å². The van der Waals surface area contributed by atoms with Gasteiger partial charge in [-0.25, -0.2) is 0 Å². The van der Waals surface area contributed by atoms with Gasteiger partial charge in [0.1, 0.15) is 5.60 Å². The quantitative estimate of drug-likeness (QED) is 0.277. The van der Waals surface area contributed by atoms with Crippen LogP contribution >= 0.6 is 0 Å². The highest BCUT2D eigenvalue weighted by Crippen LogP contribution is 2.25. The third-order valence-electron chi connectivity index (χ3n) is 5.98. The number of aliphatic carboxylic acids is 1. The number of unbranched alkanes of at least 4 members (excludes halogenated alkanes) is 4. The summed E-state index contributed by atoms with van der Waals surface area (Å²) in [6.07, 6.45) is 10.3. The number of rotatable bonds is 15. The Hall–Kier alpha value is -1.84. The normalized spacial score (nSPS) is 12.0. The largest absolute Gasteiger partial charge is 0.481 e. The second-order valence-electron chi connectivity index (χ2n) is 9.49. The van der Waals surface area contributed by atoms with Crippen LogP contribution in [-0.4, -0.2) is 23.1 Å². The molecule has 0 radical (unpaired) electrons. The fourth-order valence-corrected chi connectivity index (χ4v) is 3.68. The molecule has 164 valence electrons. The smallest absolute Gasteiger partial charge is 0.309 e. The summed E-state index contributed by atoms with van der Waals surface area (Å²) < 4.78 is 5.12. The van der Waals surface area contributed by atoms with E-state index in [2.05, 4.69) is 25.1 Å². The van der Waals surface area contributed by atoms with Crippen LogP contribution in [0.5, 0.6) is 0 Å². The van der Waals surface area contributed by atoms with Crippen LogP contribution in [0.4, 0.5) is 0 Å². The molecule has 0 atom stereocenters. The molecule has 0 saturated carbocycles. The Balaban J connectivity index is 2.36. The molecule has 0 aliphatic rings. The number of benzene rings is 1. The van der Waals surface area contributed by atoms with Crippen molar-refractivity contribution < 1.29 is 19.4 Å². The van der Waals surface area contributed by atoms with Gasteiger partial charge in [0, 0.05) is 0 Å². The number of carboxylic acids is 1. The minimum Gasteiger partial charge on any atom is -0.481 e. The van der Waals surface area contributed by atoms with Gasteiger partial charge in [-0.1, -0.05) is 37.5 Å². The first-order valence-electron chi connectivity index (χ1n) is 11.0. The average molecular weight is 405 g/mol. The van der Waals surface area contributed by atoms with Gasteiger partial charge in [0.15, 0.2) is 0 Å². The summed E-state index contributed by atoms with van der Waals surface area (Å²) in [7, 11) is 0. The molecule has 1 aromatic rings. The van der Waals surface area contributed by atoms with E-state index in [1.807, 2.05) is 13.8 Å². The summed E-state index contributed by atoms with van der Waals surface area (Å²) in [5.41, 5.74) is 3.26. The Labute approximate surface area is 177 Å². The van der Waals surface area contributed by atoms with E-state index in [-0.39, 0.29) is 5.60 Å². The summed E-state index contributed by atoms with van der Waals surface area (Å²) in [6.45, 7) is 10.3. The molecule has 0 unspecified atom stereocenters. The number of ether oxygens (including phenoxy) is 1. The molecule has 0 heterocycles. The maximum atomic E-state index is 11.1. The van der Waals surface area contributed by atoms with Gasteiger partial charge in [0.25, 0.3) is 6.47 Å². The first-order chi connectivity index (χ1) is 13.6. The molecule has 0 saturated heterocycles. The van der Waals surface area contributed by atoms with Gasteiger partial charge in [-0.2, -0.15) is 0 Å². The summed E-state index contributed by atoms with van der Waals surface area (Å²) in [5, 5.41) is 9.17. The van der Waals surface area contributed by atoms with Crippen molar-refractivity contribution >= 4 is 12.4 Å². The lowest BCUT2D eigenvalue weighted by atomic mass is 9.87. The molecule has 0 aromatic heterocycles. The molecule has 1 N–H and O–H groups in total. The summed E-state index contributed by atoms with van der Waals surface area (Å²) >= 11 is 0. The van der Waals surface area contributed by atoms with E-state index in [1.54, 1.807) is 13.8 Å². The van der Waals surface area contributed by atoms with Crippen LogP contribution in [0.2, 0.25) is 0 Å². The van der Waals surface area contributed by atoms with Crippen LogP contribution in [0.25, 0.3) is 0 Å². The van der Waals surface area contributed by atoms with Crippen molar-refractivity contribution in [3.05, 3.63) is 34.9 Å². The van der Waals surface area contributed by atoms with E-state index in [1.165, 1.54) is 16.7 Å². The van der Waals surface area contributed by atoms with E-state index >= 15 is 0 Å². The van der Waals surface area contributed by atoms with Crippen LogP contribution in [-0.2, 0) is 27.2 Å². The fourth-order valence-electron chi connectivity index (χ4n) is 3.68. The molecule has 0 spiro atoms. The van der Waals surface area contributed by atoms with Gasteiger partial charge < -0.3 is 9.84 Å². The molecule has 29 heavy (non-hydrogen) atoms. The third kappa shape index (κ3) is 9.47. The highest BCUT2D eigenvalue weighted by atomic mass is 16.5. The molecule has 0 bridgehead atoms. The summed E-state index contributed by atoms with van der Waals surface area (Å²) in [5.74, 6) is -0.704. The van der Waals surface area contributed by atoms with Gasteiger partial charge in [0.2, 0.25) is 0 Å². The maximum Gasteiger partial charge on any atom is 0.309 e. The zero-order valence-electron chi connectivity index (χ0n) is 19.1. The SMILES string of the molecule is Cc1c(CCCCCCC(C)(C)C(=O)O)cccc1CCCCC(C)(C)OC=O. The van der Waals surface area contributed by atoms with Gasteiger partial charge >= 0.3 is 5.97 Å². The Morgan fingerprint density at radius 2 is 1.45 bits per heavy atom. The van der Waals surface area contributed by atoms with E-state index in [0.29, 0.717) is 6.47 Å². The summed E-state index contributed by atoms with van der Waals surface area (Å²) in [6, 6.07) is 6.61. The van der Waals surface area contributed by atoms with E-state index in [0.717, 1.165) is 64.2 Å². The zero-order chi connectivity index (χ0) is 21.9. The minimum absolute atomic E-state index is 0.377. The molecule has 0 amide bonds. The predicted octanol–water partition coefficient (Wildman–Crippen LogP) is 6.26. The van der Waals surface area contributed by atoms with Gasteiger partial charge in [-0.05, 0) is 96.3 Å². The fraction of sp³-hybridized carbons (Fsp3) is 0.680. The van der Waals surface area contributed by atoms with Crippen molar-refractivity contribution in [2.45, 2.75) is 104 Å². The van der Waals surface area contributed by atoms with Crippen molar-refractivity contribution in [1.29, 1.82) is 0 Å². The lowest BCUT2D eigenvalue weighted by Crippen LogP contribution is -2.23. The molecular weight excluding hydrogens is 364 g/mol.